The molecular weight excluding hydrogens is 471 g/mol. The second kappa shape index (κ2) is 9.13. The molecule has 0 saturated heterocycles. The predicted molar refractivity (Wildman–Crippen MR) is 120 cm³/mol. The third-order valence-electron chi connectivity index (χ3n) is 4.70. The minimum absolute atomic E-state index is 0.0271. The highest BCUT2D eigenvalue weighted by Crippen LogP contribution is 2.39. The lowest BCUT2D eigenvalue weighted by molar-refractivity contribution is -0.114. The van der Waals surface area contributed by atoms with Gasteiger partial charge in [-0.2, -0.15) is 0 Å². The lowest BCUT2D eigenvalue weighted by Crippen LogP contribution is -2.37. The molecule has 0 fully saturated rings. The summed E-state index contributed by atoms with van der Waals surface area (Å²) in [4.78, 5) is 26.1. The first-order valence-electron chi connectivity index (χ1n) is 9.08. The van der Waals surface area contributed by atoms with Crippen LogP contribution in [0.25, 0.3) is 0 Å². The van der Waals surface area contributed by atoms with Gasteiger partial charge in [-0.25, -0.2) is 13.2 Å². The number of anilines is 2. The van der Waals surface area contributed by atoms with Crippen LogP contribution in [0.15, 0.2) is 18.2 Å². The highest BCUT2D eigenvalue weighted by molar-refractivity contribution is 7.92. The van der Waals surface area contributed by atoms with Gasteiger partial charge in [0, 0.05) is 4.88 Å². The number of fused-ring (bicyclic) bond motifs is 1. The number of sulfonamides is 1. The normalized spacial score (nSPS) is 13.5. The molecule has 1 aliphatic carbocycles. The first-order chi connectivity index (χ1) is 14.1. The van der Waals surface area contributed by atoms with E-state index >= 15 is 0 Å². The second-order valence-electron chi connectivity index (χ2n) is 6.80. The van der Waals surface area contributed by atoms with Crippen molar-refractivity contribution in [3.8, 4) is 0 Å². The van der Waals surface area contributed by atoms with Crippen molar-refractivity contribution < 1.29 is 22.7 Å². The van der Waals surface area contributed by atoms with E-state index in [-0.39, 0.29) is 15.7 Å². The largest absolute Gasteiger partial charge is 0.465 e. The standard InChI is InChI=1S/C19H20Cl2N2O5S2/c1-28-19(25)16-11-6-3-4-9-14(11)29-18(16)22-15(24)10-23(30(2,26)27)13-8-5-7-12(20)17(13)21/h5,7-8H,3-4,6,9-10H2,1-2H3,(H,22,24). The van der Waals surface area contributed by atoms with E-state index < -0.39 is 28.4 Å². The molecule has 162 valence electrons. The first-order valence-corrected chi connectivity index (χ1v) is 12.5. The van der Waals surface area contributed by atoms with Gasteiger partial charge in [0.05, 0.1) is 34.7 Å². The molecule has 1 aliphatic rings. The number of amides is 1. The number of rotatable bonds is 6. The molecule has 0 aliphatic heterocycles. The number of ether oxygens (including phenoxy) is 1. The Morgan fingerprint density at radius 2 is 1.93 bits per heavy atom. The summed E-state index contributed by atoms with van der Waals surface area (Å²) < 4.78 is 30.4. The Labute approximate surface area is 189 Å². The van der Waals surface area contributed by atoms with Gasteiger partial charge >= 0.3 is 5.97 Å². The predicted octanol–water partition coefficient (Wildman–Crippen LogP) is 4.13. The van der Waals surface area contributed by atoms with Gasteiger partial charge < -0.3 is 10.1 Å². The SMILES string of the molecule is COC(=O)c1c(NC(=O)CN(c2cccc(Cl)c2Cl)S(C)(=O)=O)sc2c1CCCC2. The van der Waals surface area contributed by atoms with Crippen molar-refractivity contribution in [1.29, 1.82) is 0 Å². The van der Waals surface area contributed by atoms with Crippen molar-refractivity contribution in [2.75, 3.05) is 29.5 Å². The number of aryl methyl sites for hydroxylation is 1. The van der Waals surface area contributed by atoms with E-state index in [1.807, 2.05) is 0 Å². The second-order valence-corrected chi connectivity index (χ2v) is 10.6. The molecular formula is C19H20Cl2N2O5S2. The van der Waals surface area contributed by atoms with Crippen LogP contribution in [0.3, 0.4) is 0 Å². The summed E-state index contributed by atoms with van der Waals surface area (Å²) in [5, 5.41) is 3.25. The fourth-order valence-electron chi connectivity index (χ4n) is 3.33. The lowest BCUT2D eigenvalue weighted by atomic mass is 9.95. The zero-order valence-electron chi connectivity index (χ0n) is 16.3. The van der Waals surface area contributed by atoms with Gasteiger partial charge in [-0.15, -0.1) is 11.3 Å². The van der Waals surface area contributed by atoms with Gasteiger partial charge in [-0.1, -0.05) is 29.3 Å². The van der Waals surface area contributed by atoms with E-state index in [2.05, 4.69) is 5.32 Å². The summed E-state index contributed by atoms with van der Waals surface area (Å²) in [6, 6.07) is 4.53. The molecule has 3 rings (SSSR count). The number of nitrogens with zero attached hydrogens (tertiary/aromatic N) is 1. The molecule has 1 amide bonds. The number of esters is 1. The van der Waals surface area contributed by atoms with E-state index in [0.29, 0.717) is 10.6 Å². The van der Waals surface area contributed by atoms with Crippen molar-refractivity contribution >= 4 is 67.1 Å². The summed E-state index contributed by atoms with van der Waals surface area (Å²) in [7, 11) is -2.55. The van der Waals surface area contributed by atoms with Gasteiger partial charge in [0.15, 0.2) is 0 Å². The molecule has 0 spiro atoms. The Balaban J connectivity index is 1.91. The Morgan fingerprint density at radius 3 is 2.60 bits per heavy atom. The number of methoxy groups -OCH3 is 1. The molecule has 0 unspecified atom stereocenters. The Kier molecular flexibility index (Phi) is 6.96. The third kappa shape index (κ3) is 4.74. The highest BCUT2D eigenvalue weighted by Gasteiger charge is 2.29. The van der Waals surface area contributed by atoms with Crippen LogP contribution >= 0.6 is 34.5 Å². The molecule has 1 aromatic heterocycles. The molecule has 1 N–H and O–H groups in total. The summed E-state index contributed by atoms with van der Waals surface area (Å²) in [5.74, 6) is -1.14. The molecule has 1 aromatic carbocycles. The van der Waals surface area contributed by atoms with Crippen LogP contribution in [0.2, 0.25) is 10.0 Å². The average molecular weight is 491 g/mol. The van der Waals surface area contributed by atoms with E-state index in [0.717, 1.165) is 46.7 Å². The monoisotopic (exact) mass is 490 g/mol. The molecule has 30 heavy (non-hydrogen) atoms. The smallest absolute Gasteiger partial charge is 0.341 e. The fourth-order valence-corrected chi connectivity index (χ4v) is 5.94. The highest BCUT2D eigenvalue weighted by atomic mass is 35.5. The number of benzene rings is 1. The van der Waals surface area contributed by atoms with Crippen LogP contribution in [-0.2, 0) is 32.4 Å². The molecule has 7 nitrogen and oxygen atoms in total. The molecule has 0 saturated carbocycles. The Morgan fingerprint density at radius 1 is 1.23 bits per heavy atom. The summed E-state index contributed by atoms with van der Waals surface area (Å²) >= 11 is 13.5. The van der Waals surface area contributed by atoms with Crippen molar-refractivity contribution in [1.82, 2.24) is 0 Å². The molecule has 0 radical (unpaired) electrons. The van der Waals surface area contributed by atoms with Crippen LogP contribution in [0.5, 0.6) is 0 Å². The topological polar surface area (TPSA) is 92.8 Å². The van der Waals surface area contributed by atoms with Gasteiger partial charge in [0.1, 0.15) is 11.5 Å². The zero-order chi connectivity index (χ0) is 22.1. The Bertz CT molecular complexity index is 1100. The van der Waals surface area contributed by atoms with E-state index in [9.17, 15) is 18.0 Å². The zero-order valence-corrected chi connectivity index (χ0v) is 19.5. The van der Waals surface area contributed by atoms with Gasteiger partial charge in [0.2, 0.25) is 15.9 Å². The Hall–Kier alpha value is -1.81. The maximum Gasteiger partial charge on any atom is 0.341 e. The lowest BCUT2D eigenvalue weighted by Gasteiger charge is -2.23. The summed E-state index contributed by atoms with van der Waals surface area (Å²) in [6.45, 7) is -0.526. The number of hydrogen-bond donors (Lipinski definition) is 1. The van der Waals surface area contributed by atoms with E-state index in [1.54, 1.807) is 6.07 Å². The average Bonchev–Trinajstić information content (AvgIpc) is 3.04. The molecule has 0 atom stereocenters. The van der Waals surface area contributed by atoms with Crippen LogP contribution in [0.4, 0.5) is 10.7 Å². The van der Waals surface area contributed by atoms with Crippen molar-refractivity contribution in [2.45, 2.75) is 25.7 Å². The van der Waals surface area contributed by atoms with Crippen molar-refractivity contribution in [2.24, 2.45) is 0 Å². The van der Waals surface area contributed by atoms with Crippen LogP contribution in [0.1, 0.15) is 33.6 Å². The minimum Gasteiger partial charge on any atom is -0.465 e. The van der Waals surface area contributed by atoms with Crippen molar-refractivity contribution in [3.63, 3.8) is 0 Å². The molecule has 11 heteroatoms. The maximum atomic E-state index is 12.8. The van der Waals surface area contributed by atoms with E-state index in [1.165, 1.54) is 30.6 Å². The number of nitrogens with one attached hydrogen (secondary N) is 1. The van der Waals surface area contributed by atoms with Crippen LogP contribution in [-0.4, -0.2) is 40.2 Å². The molecule has 2 aromatic rings. The van der Waals surface area contributed by atoms with Gasteiger partial charge in [0.25, 0.3) is 0 Å². The third-order valence-corrected chi connectivity index (χ3v) is 7.84. The molecule has 1 heterocycles. The number of halogens is 2. The van der Waals surface area contributed by atoms with Crippen LogP contribution < -0.4 is 9.62 Å². The quantitative estimate of drug-likeness (QED) is 0.614. The summed E-state index contributed by atoms with van der Waals surface area (Å²) in [5.41, 5.74) is 1.34. The van der Waals surface area contributed by atoms with Gasteiger partial charge in [-0.3, -0.25) is 9.10 Å². The van der Waals surface area contributed by atoms with Crippen molar-refractivity contribution in [3.05, 3.63) is 44.2 Å². The van der Waals surface area contributed by atoms with Gasteiger partial charge in [-0.05, 0) is 43.4 Å². The minimum atomic E-state index is -3.84. The summed E-state index contributed by atoms with van der Waals surface area (Å²) in [6.07, 6.45) is 4.50. The fraction of sp³-hybridized carbons (Fsp3) is 0.368. The van der Waals surface area contributed by atoms with E-state index in [4.69, 9.17) is 27.9 Å². The number of thiophene rings is 1. The number of carbonyl (C=O) groups is 2. The molecule has 0 bridgehead atoms. The first kappa shape index (κ1) is 22.9. The number of carbonyl (C=O) groups excluding carboxylic acids is 2. The van der Waals surface area contributed by atoms with Crippen LogP contribution in [0, 0.1) is 0 Å². The maximum absolute atomic E-state index is 12.8. The number of hydrogen-bond acceptors (Lipinski definition) is 6.